The summed E-state index contributed by atoms with van der Waals surface area (Å²) in [6.07, 6.45) is 2.14. The number of para-hydroxylation sites is 1. The molecule has 3 aromatic rings. The molecule has 3 rings (SSSR count). The standard InChI is InChI=1S/C20H18Cl2N4O2S/c1-2-16-18(29-20(23)25-16)19(27)26-24-10-12-5-3-4-6-17(12)28-11-13-7-8-14(21)9-15(13)22/h3-10H,2,11H2,1H3,(H2,23,25)(H,26,27). The number of hydrogen-bond donors (Lipinski definition) is 2. The number of benzene rings is 2. The Morgan fingerprint density at radius 1 is 1.31 bits per heavy atom. The van der Waals surface area contributed by atoms with Gasteiger partial charge < -0.3 is 10.5 Å². The molecular formula is C20H18Cl2N4O2S. The van der Waals surface area contributed by atoms with E-state index in [-0.39, 0.29) is 12.5 Å². The lowest BCUT2D eigenvalue weighted by atomic mass is 10.2. The van der Waals surface area contributed by atoms with Gasteiger partial charge in [0.05, 0.1) is 11.9 Å². The Bertz CT molecular complexity index is 1050. The smallest absolute Gasteiger partial charge is 0.283 e. The van der Waals surface area contributed by atoms with E-state index < -0.39 is 0 Å². The van der Waals surface area contributed by atoms with E-state index in [0.717, 1.165) is 16.9 Å². The van der Waals surface area contributed by atoms with Gasteiger partial charge in [-0.15, -0.1) is 0 Å². The Hall–Kier alpha value is -2.61. The molecule has 0 saturated heterocycles. The van der Waals surface area contributed by atoms with Gasteiger partial charge in [0.1, 0.15) is 17.2 Å². The van der Waals surface area contributed by atoms with E-state index in [1.807, 2.05) is 37.3 Å². The van der Waals surface area contributed by atoms with E-state index in [4.69, 9.17) is 33.7 Å². The molecule has 0 aliphatic rings. The maximum absolute atomic E-state index is 12.3. The number of aromatic nitrogens is 1. The van der Waals surface area contributed by atoms with Crippen LogP contribution in [0.2, 0.25) is 10.0 Å². The number of rotatable bonds is 7. The van der Waals surface area contributed by atoms with Crippen molar-refractivity contribution < 1.29 is 9.53 Å². The maximum atomic E-state index is 12.3. The molecule has 0 atom stereocenters. The molecule has 1 amide bonds. The molecule has 0 unspecified atom stereocenters. The Balaban J connectivity index is 1.67. The third-order valence-electron chi connectivity index (χ3n) is 3.94. The third kappa shape index (κ3) is 5.47. The normalized spacial score (nSPS) is 11.0. The van der Waals surface area contributed by atoms with Crippen molar-refractivity contribution in [3.8, 4) is 5.75 Å². The van der Waals surface area contributed by atoms with Gasteiger partial charge in [-0.2, -0.15) is 5.10 Å². The van der Waals surface area contributed by atoms with E-state index in [0.29, 0.717) is 43.5 Å². The Kier molecular flexibility index (Phi) is 7.09. The summed E-state index contributed by atoms with van der Waals surface area (Å²) in [7, 11) is 0. The van der Waals surface area contributed by atoms with Crippen molar-refractivity contribution in [2.45, 2.75) is 20.0 Å². The molecule has 0 fully saturated rings. The van der Waals surface area contributed by atoms with Gasteiger partial charge in [-0.25, -0.2) is 10.4 Å². The molecule has 0 aliphatic heterocycles. The number of nitrogens with two attached hydrogens (primary N) is 1. The fraction of sp³-hybridized carbons (Fsp3) is 0.150. The molecule has 150 valence electrons. The molecule has 0 saturated carbocycles. The molecule has 29 heavy (non-hydrogen) atoms. The van der Waals surface area contributed by atoms with E-state index in [9.17, 15) is 4.79 Å². The molecule has 2 aromatic carbocycles. The number of amides is 1. The molecule has 0 spiro atoms. The summed E-state index contributed by atoms with van der Waals surface area (Å²) in [6, 6.07) is 12.6. The molecule has 1 aromatic heterocycles. The quantitative estimate of drug-likeness (QED) is 0.395. The zero-order valence-corrected chi connectivity index (χ0v) is 17.8. The lowest BCUT2D eigenvalue weighted by molar-refractivity contribution is 0.0958. The van der Waals surface area contributed by atoms with Crippen molar-refractivity contribution in [2.75, 3.05) is 5.73 Å². The van der Waals surface area contributed by atoms with Gasteiger partial charge >= 0.3 is 0 Å². The van der Waals surface area contributed by atoms with Gasteiger partial charge in [0.15, 0.2) is 5.13 Å². The molecule has 0 bridgehead atoms. The lowest BCUT2D eigenvalue weighted by Crippen LogP contribution is -2.17. The molecule has 1 heterocycles. The number of hydrogen-bond acceptors (Lipinski definition) is 6. The fourth-order valence-corrected chi connectivity index (χ4v) is 3.79. The highest BCUT2D eigenvalue weighted by atomic mass is 35.5. The van der Waals surface area contributed by atoms with Crippen molar-refractivity contribution in [3.05, 3.63) is 74.2 Å². The summed E-state index contributed by atoms with van der Waals surface area (Å²) in [6.45, 7) is 2.18. The number of anilines is 1. The fourth-order valence-electron chi connectivity index (χ4n) is 2.51. The van der Waals surface area contributed by atoms with Crippen LogP contribution in [-0.4, -0.2) is 17.1 Å². The van der Waals surface area contributed by atoms with Gasteiger partial charge in [-0.05, 0) is 30.7 Å². The maximum Gasteiger partial charge on any atom is 0.283 e. The monoisotopic (exact) mass is 448 g/mol. The van der Waals surface area contributed by atoms with Crippen LogP contribution in [0.25, 0.3) is 0 Å². The summed E-state index contributed by atoms with van der Waals surface area (Å²) in [5, 5.41) is 5.49. The predicted octanol–water partition coefficient (Wildman–Crippen LogP) is 4.94. The molecular weight excluding hydrogens is 431 g/mol. The number of ether oxygens (including phenoxy) is 1. The highest BCUT2D eigenvalue weighted by molar-refractivity contribution is 7.17. The second kappa shape index (κ2) is 9.73. The van der Waals surface area contributed by atoms with E-state index in [1.54, 1.807) is 12.1 Å². The molecule has 0 aliphatic carbocycles. The highest BCUT2D eigenvalue weighted by Gasteiger charge is 2.15. The number of halogens is 2. The summed E-state index contributed by atoms with van der Waals surface area (Å²) in [5.74, 6) is 0.256. The van der Waals surface area contributed by atoms with Crippen molar-refractivity contribution >= 4 is 51.8 Å². The number of thiazole rings is 1. The van der Waals surface area contributed by atoms with Crippen molar-refractivity contribution in [3.63, 3.8) is 0 Å². The highest BCUT2D eigenvalue weighted by Crippen LogP contribution is 2.24. The third-order valence-corrected chi connectivity index (χ3v) is 5.45. The average molecular weight is 449 g/mol. The van der Waals surface area contributed by atoms with Crippen LogP contribution in [0.1, 0.15) is 33.4 Å². The SMILES string of the molecule is CCc1nc(N)sc1C(=O)NN=Cc1ccccc1OCc1ccc(Cl)cc1Cl. The minimum atomic E-state index is -0.348. The Morgan fingerprint density at radius 3 is 2.86 bits per heavy atom. The second-order valence-corrected chi connectivity index (χ2v) is 7.82. The Labute approximate surface area is 182 Å². The topological polar surface area (TPSA) is 89.6 Å². The predicted molar refractivity (Wildman–Crippen MR) is 118 cm³/mol. The molecule has 0 radical (unpaired) electrons. The number of carbonyl (C=O) groups is 1. The first-order valence-electron chi connectivity index (χ1n) is 8.72. The van der Waals surface area contributed by atoms with Crippen molar-refractivity contribution in [1.29, 1.82) is 0 Å². The number of aryl methyl sites for hydroxylation is 1. The van der Waals surface area contributed by atoms with Crippen molar-refractivity contribution in [2.24, 2.45) is 5.10 Å². The summed E-state index contributed by atoms with van der Waals surface area (Å²) in [5.41, 5.74) is 10.4. The van der Waals surface area contributed by atoms with Gasteiger partial charge in [-0.3, -0.25) is 4.79 Å². The number of carbonyl (C=O) groups excluding carboxylic acids is 1. The van der Waals surface area contributed by atoms with Crippen LogP contribution in [0.3, 0.4) is 0 Å². The molecule has 3 N–H and O–H groups in total. The van der Waals surface area contributed by atoms with Gasteiger partial charge in [0, 0.05) is 21.2 Å². The van der Waals surface area contributed by atoms with E-state index >= 15 is 0 Å². The van der Waals surface area contributed by atoms with Crippen molar-refractivity contribution in [1.82, 2.24) is 10.4 Å². The van der Waals surface area contributed by atoms with Crippen LogP contribution in [0.4, 0.5) is 5.13 Å². The second-order valence-electron chi connectivity index (χ2n) is 5.94. The molecule has 6 nitrogen and oxygen atoms in total. The summed E-state index contributed by atoms with van der Waals surface area (Å²) < 4.78 is 5.87. The number of nitrogens with one attached hydrogen (secondary N) is 1. The Morgan fingerprint density at radius 2 is 2.10 bits per heavy atom. The summed E-state index contributed by atoms with van der Waals surface area (Å²) in [4.78, 5) is 16.9. The first kappa shape index (κ1) is 21.1. The first-order chi connectivity index (χ1) is 14.0. The van der Waals surface area contributed by atoms with Crippen LogP contribution in [0, 0.1) is 0 Å². The van der Waals surface area contributed by atoms with Crippen LogP contribution < -0.4 is 15.9 Å². The van der Waals surface area contributed by atoms with Gasteiger partial charge in [0.25, 0.3) is 5.91 Å². The van der Waals surface area contributed by atoms with Crippen LogP contribution in [-0.2, 0) is 13.0 Å². The number of nitrogen functional groups attached to an aromatic ring is 1. The average Bonchev–Trinajstić information content (AvgIpc) is 3.09. The van der Waals surface area contributed by atoms with E-state index in [2.05, 4.69) is 15.5 Å². The van der Waals surface area contributed by atoms with Gasteiger partial charge in [0.2, 0.25) is 0 Å². The van der Waals surface area contributed by atoms with Crippen LogP contribution in [0.15, 0.2) is 47.6 Å². The number of nitrogens with zero attached hydrogens (tertiary/aromatic N) is 2. The number of hydrazone groups is 1. The van der Waals surface area contributed by atoms with Gasteiger partial charge in [-0.1, -0.05) is 59.7 Å². The molecule has 9 heteroatoms. The minimum Gasteiger partial charge on any atom is -0.488 e. The van der Waals surface area contributed by atoms with E-state index in [1.165, 1.54) is 6.21 Å². The first-order valence-corrected chi connectivity index (χ1v) is 10.3. The largest absolute Gasteiger partial charge is 0.488 e. The minimum absolute atomic E-state index is 0.271. The zero-order valence-electron chi connectivity index (χ0n) is 15.5. The van der Waals surface area contributed by atoms with Crippen LogP contribution in [0.5, 0.6) is 5.75 Å². The lowest BCUT2D eigenvalue weighted by Gasteiger charge is -2.10. The summed E-state index contributed by atoms with van der Waals surface area (Å²) >= 11 is 13.2. The van der Waals surface area contributed by atoms with Crippen LogP contribution >= 0.6 is 34.5 Å². The zero-order chi connectivity index (χ0) is 20.8.